The predicted molar refractivity (Wildman–Crippen MR) is 128 cm³/mol. The average Bonchev–Trinajstić information content (AvgIpc) is 3.28. The maximum Gasteiger partial charge on any atom is 0.243 e. The van der Waals surface area contributed by atoms with E-state index < -0.39 is 10.0 Å². The van der Waals surface area contributed by atoms with E-state index in [1.54, 1.807) is 16.2 Å². The zero-order chi connectivity index (χ0) is 22.7. The molecule has 1 aliphatic heterocycles. The standard InChI is InChI=1S/C24H23ClN2O3S2/c1-2-14-26(32(29,30)20-10-8-19(25)9-11-20)17-23(28)27-15-12-22-21(13-16-31-22)24(27)18-6-4-3-5-7-18/h2-11,13,16,24H,1,12,14-15,17H2. The number of nitrogens with zero attached hydrogens (tertiary/aromatic N) is 2. The smallest absolute Gasteiger partial charge is 0.243 e. The van der Waals surface area contributed by atoms with E-state index in [0.29, 0.717) is 11.6 Å². The SMILES string of the molecule is C=CCN(CC(=O)N1CCc2sccc2C1c1ccccc1)S(=O)(=O)c1ccc(Cl)cc1. The first kappa shape index (κ1) is 22.7. The third-order valence-electron chi connectivity index (χ3n) is 5.50. The fourth-order valence-corrected chi connectivity index (χ4v) is 6.36. The van der Waals surface area contributed by atoms with Crippen LogP contribution in [0.4, 0.5) is 0 Å². The largest absolute Gasteiger partial charge is 0.330 e. The first-order valence-corrected chi connectivity index (χ1v) is 12.9. The molecule has 1 unspecified atom stereocenters. The van der Waals surface area contributed by atoms with Crippen LogP contribution in [0.1, 0.15) is 22.0 Å². The molecule has 166 valence electrons. The summed E-state index contributed by atoms with van der Waals surface area (Å²) in [6.45, 7) is 3.98. The van der Waals surface area contributed by atoms with E-state index >= 15 is 0 Å². The van der Waals surface area contributed by atoms with Crippen molar-refractivity contribution in [2.75, 3.05) is 19.6 Å². The number of rotatable bonds is 7. The van der Waals surface area contributed by atoms with Crippen LogP contribution >= 0.6 is 22.9 Å². The molecular formula is C24H23ClN2O3S2. The van der Waals surface area contributed by atoms with E-state index in [0.717, 1.165) is 21.9 Å². The molecule has 1 aromatic heterocycles. The first-order valence-electron chi connectivity index (χ1n) is 10.2. The molecule has 0 fully saturated rings. The molecule has 8 heteroatoms. The van der Waals surface area contributed by atoms with Gasteiger partial charge >= 0.3 is 0 Å². The van der Waals surface area contributed by atoms with Crippen molar-refractivity contribution in [2.24, 2.45) is 0 Å². The van der Waals surface area contributed by atoms with Gasteiger partial charge in [-0.2, -0.15) is 4.31 Å². The highest BCUT2D eigenvalue weighted by Crippen LogP contribution is 2.37. The summed E-state index contributed by atoms with van der Waals surface area (Å²) in [6, 6.07) is 17.6. The monoisotopic (exact) mass is 486 g/mol. The number of amides is 1. The molecule has 0 aliphatic carbocycles. The van der Waals surface area contributed by atoms with E-state index in [1.165, 1.54) is 35.2 Å². The molecule has 1 amide bonds. The number of thiophene rings is 1. The summed E-state index contributed by atoms with van der Waals surface area (Å²) >= 11 is 7.60. The molecule has 3 aromatic rings. The van der Waals surface area contributed by atoms with Gasteiger partial charge in [-0.1, -0.05) is 48.0 Å². The molecule has 0 N–H and O–H groups in total. The minimum absolute atomic E-state index is 0.0320. The predicted octanol–water partition coefficient (Wildman–Crippen LogP) is 4.75. The van der Waals surface area contributed by atoms with Crippen molar-refractivity contribution in [2.45, 2.75) is 17.4 Å². The van der Waals surface area contributed by atoms with E-state index in [1.807, 2.05) is 35.7 Å². The van der Waals surface area contributed by atoms with Crippen LogP contribution in [-0.2, 0) is 21.2 Å². The molecule has 2 heterocycles. The minimum Gasteiger partial charge on any atom is -0.330 e. The molecule has 2 aromatic carbocycles. The highest BCUT2D eigenvalue weighted by molar-refractivity contribution is 7.89. The second-order valence-electron chi connectivity index (χ2n) is 7.49. The van der Waals surface area contributed by atoms with Crippen molar-refractivity contribution in [1.82, 2.24) is 9.21 Å². The molecule has 5 nitrogen and oxygen atoms in total. The van der Waals surface area contributed by atoms with Gasteiger partial charge < -0.3 is 4.90 Å². The third kappa shape index (κ3) is 4.52. The van der Waals surface area contributed by atoms with Crippen LogP contribution in [0.5, 0.6) is 0 Å². The molecule has 0 saturated heterocycles. The Balaban J connectivity index is 1.64. The van der Waals surface area contributed by atoms with Crippen LogP contribution in [-0.4, -0.2) is 43.2 Å². The topological polar surface area (TPSA) is 57.7 Å². The van der Waals surface area contributed by atoms with Crippen molar-refractivity contribution >= 4 is 38.9 Å². The Morgan fingerprint density at radius 3 is 2.56 bits per heavy atom. The van der Waals surface area contributed by atoms with Gasteiger partial charge in [0.2, 0.25) is 15.9 Å². The summed E-state index contributed by atoms with van der Waals surface area (Å²) in [4.78, 5) is 16.6. The van der Waals surface area contributed by atoms with Crippen molar-refractivity contribution < 1.29 is 13.2 Å². The second kappa shape index (κ2) is 9.58. The third-order valence-corrected chi connectivity index (χ3v) is 8.57. The van der Waals surface area contributed by atoms with Crippen molar-refractivity contribution in [1.29, 1.82) is 0 Å². The van der Waals surface area contributed by atoms with Gasteiger partial charge in [0.1, 0.15) is 0 Å². The van der Waals surface area contributed by atoms with Gasteiger partial charge in [0.05, 0.1) is 17.5 Å². The van der Waals surface area contributed by atoms with Crippen LogP contribution in [0, 0.1) is 0 Å². The van der Waals surface area contributed by atoms with Crippen LogP contribution in [0.2, 0.25) is 5.02 Å². The summed E-state index contributed by atoms with van der Waals surface area (Å²) in [6.07, 6.45) is 2.25. The summed E-state index contributed by atoms with van der Waals surface area (Å²) in [5.41, 5.74) is 2.12. The molecule has 4 rings (SSSR count). The summed E-state index contributed by atoms with van der Waals surface area (Å²) < 4.78 is 27.6. The van der Waals surface area contributed by atoms with Gasteiger partial charge in [-0.15, -0.1) is 17.9 Å². The van der Waals surface area contributed by atoms with E-state index in [-0.39, 0.29) is 29.9 Å². The number of carbonyl (C=O) groups is 1. The number of halogens is 1. The molecule has 32 heavy (non-hydrogen) atoms. The lowest BCUT2D eigenvalue weighted by molar-refractivity contribution is -0.133. The molecule has 1 atom stereocenters. The van der Waals surface area contributed by atoms with Crippen LogP contribution in [0.3, 0.4) is 0 Å². The maximum absolute atomic E-state index is 13.5. The Morgan fingerprint density at radius 2 is 1.88 bits per heavy atom. The summed E-state index contributed by atoms with van der Waals surface area (Å²) in [5.74, 6) is -0.241. The van der Waals surface area contributed by atoms with E-state index in [9.17, 15) is 13.2 Å². The van der Waals surface area contributed by atoms with Crippen molar-refractivity contribution in [3.8, 4) is 0 Å². The Bertz CT molecular complexity index is 1210. The summed E-state index contributed by atoms with van der Waals surface area (Å²) in [5, 5.41) is 2.49. The minimum atomic E-state index is -3.89. The zero-order valence-corrected chi connectivity index (χ0v) is 19.7. The molecule has 0 bridgehead atoms. The molecule has 0 radical (unpaired) electrons. The van der Waals surface area contributed by atoms with Gasteiger partial charge in [-0.25, -0.2) is 8.42 Å². The van der Waals surface area contributed by atoms with E-state index in [2.05, 4.69) is 12.6 Å². The fraction of sp³-hybridized carbons (Fsp3) is 0.208. The van der Waals surface area contributed by atoms with Crippen LogP contribution in [0.25, 0.3) is 0 Å². The van der Waals surface area contributed by atoms with E-state index in [4.69, 9.17) is 11.6 Å². The lowest BCUT2D eigenvalue weighted by Gasteiger charge is -2.37. The Morgan fingerprint density at radius 1 is 1.16 bits per heavy atom. The number of hydrogen-bond donors (Lipinski definition) is 0. The average molecular weight is 487 g/mol. The number of carbonyl (C=O) groups excluding carboxylic acids is 1. The first-order chi connectivity index (χ1) is 15.4. The molecule has 0 saturated carbocycles. The highest BCUT2D eigenvalue weighted by atomic mass is 35.5. The Kier molecular flexibility index (Phi) is 6.81. The van der Waals surface area contributed by atoms with Gasteiger partial charge in [0.25, 0.3) is 0 Å². The van der Waals surface area contributed by atoms with Crippen LogP contribution in [0.15, 0.2) is 83.6 Å². The molecular weight excluding hydrogens is 464 g/mol. The normalized spacial score (nSPS) is 16.1. The zero-order valence-electron chi connectivity index (χ0n) is 17.4. The van der Waals surface area contributed by atoms with Gasteiger partial charge in [-0.3, -0.25) is 4.79 Å². The number of hydrogen-bond acceptors (Lipinski definition) is 4. The van der Waals surface area contributed by atoms with Crippen LogP contribution < -0.4 is 0 Å². The van der Waals surface area contributed by atoms with Gasteiger partial charge in [0, 0.05) is 23.0 Å². The lowest BCUT2D eigenvalue weighted by Crippen LogP contribution is -2.46. The fourth-order valence-electron chi connectivity index (χ4n) is 3.97. The Hall–Kier alpha value is -2.45. The van der Waals surface area contributed by atoms with Crippen molar-refractivity contribution in [3.63, 3.8) is 0 Å². The quantitative estimate of drug-likeness (QED) is 0.453. The van der Waals surface area contributed by atoms with Crippen molar-refractivity contribution in [3.05, 3.63) is 99.7 Å². The number of fused-ring (bicyclic) bond motifs is 1. The number of sulfonamides is 1. The highest BCUT2D eigenvalue weighted by Gasteiger charge is 2.35. The molecule has 1 aliphatic rings. The second-order valence-corrected chi connectivity index (χ2v) is 10.9. The summed E-state index contributed by atoms with van der Waals surface area (Å²) in [7, 11) is -3.89. The van der Waals surface area contributed by atoms with Gasteiger partial charge in [-0.05, 0) is 53.3 Å². The maximum atomic E-state index is 13.5. The van der Waals surface area contributed by atoms with Gasteiger partial charge in [0.15, 0.2) is 0 Å². The molecule has 0 spiro atoms. The number of benzene rings is 2. The lowest BCUT2D eigenvalue weighted by atomic mass is 9.93. The Labute approximate surface area is 197 Å².